The number of ketones is 1. The third kappa shape index (κ3) is 2.44. The zero-order chi connectivity index (χ0) is 11.5. The number of Topliss-reactive ketones (excluding diaryl/α,β-unsaturated/α-hetero) is 1. The normalized spacial score (nSPS) is 10.6. The van der Waals surface area contributed by atoms with Gasteiger partial charge >= 0.3 is 0 Å². The van der Waals surface area contributed by atoms with Crippen molar-refractivity contribution in [1.82, 2.24) is 0 Å². The molecule has 0 spiro atoms. The third-order valence-corrected chi connectivity index (χ3v) is 3.95. The van der Waals surface area contributed by atoms with E-state index in [1.54, 1.807) is 23.7 Å². The lowest BCUT2D eigenvalue weighted by atomic mass is 10.1. The van der Waals surface area contributed by atoms with Gasteiger partial charge in [-0.05, 0) is 34.1 Å². The first-order valence-corrected chi connectivity index (χ1v) is 6.65. The molecule has 0 unspecified atom stereocenters. The summed E-state index contributed by atoms with van der Waals surface area (Å²) < 4.78 is 6.31. The van der Waals surface area contributed by atoms with Crippen molar-refractivity contribution in [2.24, 2.45) is 0 Å². The van der Waals surface area contributed by atoms with Crippen molar-refractivity contribution in [2.75, 3.05) is 0 Å². The molecule has 0 aromatic carbocycles. The van der Waals surface area contributed by atoms with Crippen molar-refractivity contribution in [3.05, 3.63) is 44.4 Å². The molecule has 0 amide bonds. The summed E-state index contributed by atoms with van der Waals surface area (Å²) >= 11 is 4.98. The molecular weight excluding hydrogens is 288 g/mol. The minimum absolute atomic E-state index is 0.125. The Morgan fingerprint density at radius 1 is 1.44 bits per heavy atom. The fourth-order valence-corrected chi connectivity index (χ4v) is 3.04. The van der Waals surface area contributed by atoms with Crippen LogP contribution in [-0.4, -0.2) is 5.78 Å². The molecule has 2 rings (SSSR count). The Morgan fingerprint density at radius 2 is 2.25 bits per heavy atom. The summed E-state index contributed by atoms with van der Waals surface area (Å²) in [5.41, 5.74) is 0.715. The molecule has 0 bridgehead atoms. The largest absolute Gasteiger partial charge is 0.469 e. The van der Waals surface area contributed by atoms with Gasteiger partial charge in [0.1, 0.15) is 5.76 Å². The zero-order valence-corrected chi connectivity index (χ0v) is 11.2. The molecule has 0 aliphatic rings. The van der Waals surface area contributed by atoms with Crippen molar-refractivity contribution in [2.45, 2.75) is 19.8 Å². The van der Waals surface area contributed by atoms with E-state index in [0.717, 1.165) is 20.8 Å². The molecule has 2 aromatic rings. The van der Waals surface area contributed by atoms with Crippen LogP contribution in [0, 0.1) is 0 Å². The Morgan fingerprint density at radius 3 is 2.88 bits per heavy atom. The van der Waals surface area contributed by atoms with E-state index in [-0.39, 0.29) is 5.78 Å². The monoisotopic (exact) mass is 298 g/mol. The van der Waals surface area contributed by atoms with Crippen LogP contribution < -0.4 is 0 Å². The SMILES string of the molecule is CCc1occc1C(=O)Cc1ccc(Br)s1. The Labute approximate surface area is 106 Å². The van der Waals surface area contributed by atoms with Gasteiger partial charge in [0.05, 0.1) is 15.6 Å². The molecule has 0 fully saturated rings. The van der Waals surface area contributed by atoms with Gasteiger partial charge < -0.3 is 4.42 Å². The highest BCUT2D eigenvalue weighted by Gasteiger charge is 2.14. The molecule has 0 aliphatic heterocycles. The highest BCUT2D eigenvalue weighted by molar-refractivity contribution is 9.11. The number of aryl methyl sites for hydroxylation is 1. The first kappa shape index (κ1) is 11.6. The van der Waals surface area contributed by atoms with Crippen molar-refractivity contribution >= 4 is 33.0 Å². The number of hydrogen-bond donors (Lipinski definition) is 0. The van der Waals surface area contributed by atoms with Crippen molar-refractivity contribution in [3.63, 3.8) is 0 Å². The van der Waals surface area contributed by atoms with Crippen LogP contribution >= 0.6 is 27.3 Å². The molecule has 0 saturated carbocycles. The van der Waals surface area contributed by atoms with Gasteiger partial charge in [-0.2, -0.15) is 0 Å². The van der Waals surface area contributed by atoms with Crippen LogP contribution in [0.5, 0.6) is 0 Å². The summed E-state index contributed by atoms with van der Waals surface area (Å²) in [5.74, 6) is 0.903. The fourth-order valence-electron chi connectivity index (χ4n) is 1.56. The lowest BCUT2D eigenvalue weighted by Gasteiger charge is -1.98. The molecule has 0 saturated heterocycles. The highest BCUT2D eigenvalue weighted by atomic mass is 79.9. The maximum atomic E-state index is 12.0. The maximum absolute atomic E-state index is 12.0. The molecule has 0 aliphatic carbocycles. The van der Waals surface area contributed by atoms with E-state index < -0.39 is 0 Å². The lowest BCUT2D eigenvalue weighted by molar-refractivity contribution is 0.0992. The molecule has 0 N–H and O–H groups in total. The van der Waals surface area contributed by atoms with E-state index in [4.69, 9.17) is 4.42 Å². The third-order valence-electron chi connectivity index (χ3n) is 2.33. The van der Waals surface area contributed by atoms with Crippen LogP contribution in [0.4, 0.5) is 0 Å². The summed E-state index contributed by atoms with van der Waals surface area (Å²) in [4.78, 5) is 13.1. The molecule has 0 atom stereocenters. The number of rotatable bonds is 4. The van der Waals surface area contributed by atoms with Crippen LogP contribution in [0.1, 0.15) is 27.9 Å². The summed E-state index contributed by atoms with van der Waals surface area (Å²) in [6.45, 7) is 1.98. The second-order valence-corrected chi connectivity index (χ2v) is 5.96. The predicted octanol–water partition coefficient (Wildman–Crippen LogP) is 4.09. The number of halogens is 1. The lowest BCUT2D eigenvalue weighted by Crippen LogP contribution is -2.03. The summed E-state index contributed by atoms with van der Waals surface area (Å²) in [6, 6.07) is 5.69. The van der Waals surface area contributed by atoms with E-state index in [0.29, 0.717) is 12.0 Å². The Hall–Kier alpha value is -0.870. The topological polar surface area (TPSA) is 30.2 Å². The zero-order valence-electron chi connectivity index (χ0n) is 8.83. The Bertz CT molecular complexity index is 499. The number of carbonyl (C=O) groups excluding carboxylic acids is 1. The first-order chi connectivity index (χ1) is 7.70. The molecule has 0 radical (unpaired) electrons. The van der Waals surface area contributed by atoms with Gasteiger partial charge in [-0.15, -0.1) is 11.3 Å². The minimum atomic E-state index is 0.125. The van der Waals surface area contributed by atoms with Crippen molar-refractivity contribution in [3.8, 4) is 0 Å². The van der Waals surface area contributed by atoms with E-state index >= 15 is 0 Å². The quantitative estimate of drug-likeness (QED) is 0.796. The smallest absolute Gasteiger partial charge is 0.171 e. The second-order valence-electron chi connectivity index (χ2n) is 3.42. The molecule has 84 valence electrons. The Kier molecular flexibility index (Phi) is 3.61. The molecule has 16 heavy (non-hydrogen) atoms. The van der Waals surface area contributed by atoms with Gasteiger partial charge in [0.2, 0.25) is 0 Å². The van der Waals surface area contributed by atoms with E-state index in [2.05, 4.69) is 15.9 Å². The van der Waals surface area contributed by atoms with Crippen LogP contribution in [0.3, 0.4) is 0 Å². The van der Waals surface area contributed by atoms with Gasteiger partial charge in [0.25, 0.3) is 0 Å². The van der Waals surface area contributed by atoms with Gasteiger partial charge in [-0.3, -0.25) is 4.79 Å². The van der Waals surface area contributed by atoms with Crippen molar-refractivity contribution in [1.29, 1.82) is 0 Å². The first-order valence-electron chi connectivity index (χ1n) is 5.04. The van der Waals surface area contributed by atoms with Crippen LogP contribution in [0.2, 0.25) is 0 Å². The summed E-state index contributed by atoms with van der Waals surface area (Å²) in [5, 5.41) is 0. The van der Waals surface area contributed by atoms with Crippen molar-refractivity contribution < 1.29 is 9.21 Å². The highest BCUT2D eigenvalue weighted by Crippen LogP contribution is 2.24. The van der Waals surface area contributed by atoms with Gasteiger partial charge in [0.15, 0.2) is 5.78 Å². The summed E-state index contributed by atoms with van der Waals surface area (Å²) in [6.07, 6.45) is 2.78. The second kappa shape index (κ2) is 4.97. The maximum Gasteiger partial charge on any atom is 0.171 e. The van der Waals surface area contributed by atoms with Crippen LogP contribution in [0.15, 0.2) is 32.7 Å². The number of carbonyl (C=O) groups is 1. The number of furan rings is 1. The van der Waals surface area contributed by atoms with Gasteiger partial charge in [-0.1, -0.05) is 6.92 Å². The predicted molar refractivity (Wildman–Crippen MR) is 68.1 cm³/mol. The molecule has 2 nitrogen and oxygen atoms in total. The minimum Gasteiger partial charge on any atom is -0.469 e. The van der Waals surface area contributed by atoms with E-state index in [1.807, 2.05) is 19.1 Å². The molecular formula is C12H11BrO2S. The van der Waals surface area contributed by atoms with E-state index in [9.17, 15) is 4.79 Å². The average Bonchev–Trinajstić information content (AvgIpc) is 2.86. The summed E-state index contributed by atoms with van der Waals surface area (Å²) in [7, 11) is 0. The van der Waals surface area contributed by atoms with Crippen LogP contribution in [0.25, 0.3) is 0 Å². The van der Waals surface area contributed by atoms with Gasteiger partial charge in [0, 0.05) is 17.7 Å². The average molecular weight is 299 g/mol. The molecule has 2 heterocycles. The van der Waals surface area contributed by atoms with E-state index in [1.165, 1.54) is 0 Å². The van der Waals surface area contributed by atoms with Gasteiger partial charge in [-0.25, -0.2) is 0 Å². The molecule has 2 aromatic heterocycles. The Balaban J connectivity index is 2.14. The number of thiophene rings is 1. The van der Waals surface area contributed by atoms with Crippen LogP contribution in [-0.2, 0) is 12.8 Å². The molecule has 4 heteroatoms. The standard InChI is InChI=1S/C12H11BrO2S/c1-2-11-9(5-6-15-11)10(14)7-8-3-4-12(13)16-8/h3-6H,2,7H2,1H3. The fraction of sp³-hybridized carbons (Fsp3) is 0.250. The number of hydrogen-bond acceptors (Lipinski definition) is 3.